The smallest absolute Gasteiger partial charge is 0.269 e. The number of amides is 1. The normalized spacial score (nSPS) is 15.8. The van der Waals surface area contributed by atoms with Crippen molar-refractivity contribution < 1.29 is 14.6 Å². The molecule has 1 saturated carbocycles. The van der Waals surface area contributed by atoms with Crippen LogP contribution in [-0.2, 0) is 4.79 Å². The minimum Gasteiger partial charge on any atom is -0.497 e. The van der Waals surface area contributed by atoms with Crippen LogP contribution < -0.4 is 10.1 Å². The fourth-order valence-corrected chi connectivity index (χ4v) is 3.84. The third-order valence-corrected chi connectivity index (χ3v) is 5.69. The quantitative estimate of drug-likeness (QED) is 0.709. The van der Waals surface area contributed by atoms with E-state index >= 15 is 0 Å². The van der Waals surface area contributed by atoms with E-state index in [0.717, 1.165) is 32.1 Å². The predicted octanol–water partition coefficient (Wildman–Crippen LogP) is 4.52. The van der Waals surface area contributed by atoms with Crippen molar-refractivity contribution in [2.75, 3.05) is 12.4 Å². The Hall–Kier alpha value is -2.99. The number of nitrogens with one attached hydrogen (secondary N) is 1. The average Bonchev–Trinajstić information content (AvgIpc) is 2.78. The number of nitrogens with zero attached hydrogens (tertiary/aromatic N) is 1. The summed E-state index contributed by atoms with van der Waals surface area (Å²) in [6.45, 7) is 0. The molecule has 2 N–H and O–H groups in total. The molecule has 0 bridgehead atoms. The van der Waals surface area contributed by atoms with E-state index in [4.69, 9.17) is 21.6 Å². The maximum atomic E-state index is 13.1. The molecule has 1 unspecified atom stereocenters. The summed E-state index contributed by atoms with van der Waals surface area (Å²) in [6.07, 6.45) is 4.45. The fourth-order valence-electron chi connectivity index (χ4n) is 3.62. The summed E-state index contributed by atoms with van der Waals surface area (Å²) in [7, 11) is 1.59. The maximum absolute atomic E-state index is 13.1. The van der Waals surface area contributed by atoms with Crippen LogP contribution in [0, 0.1) is 29.1 Å². The minimum absolute atomic E-state index is 0.237. The number of ether oxygens (including phenoxy) is 1. The molecule has 1 aliphatic rings. The molecule has 1 amide bonds. The Labute approximate surface area is 181 Å². The summed E-state index contributed by atoms with van der Waals surface area (Å²) in [5.41, 5.74) is -0.430. The van der Waals surface area contributed by atoms with Crippen LogP contribution in [-0.4, -0.2) is 23.7 Å². The van der Waals surface area contributed by atoms with Gasteiger partial charge in [-0.05, 0) is 55.3 Å². The molecule has 0 aliphatic heterocycles. The molecule has 2 aromatic rings. The first-order chi connectivity index (χ1) is 14.5. The Morgan fingerprint density at radius 3 is 2.50 bits per heavy atom. The van der Waals surface area contributed by atoms with Crippen LogP contribution in [0.4, 0.5) is 5.69 Å². The SMILES string of the molecule is COc1ccc(C#CC(O)(C(=O)Nc2ccc(C#N)c(Cl)c2)C2CCCCC2)cc1. The van der Waals surface area contributed by atoms with Crippen molar-refractivity contribution in [3.8, 4) is 23.7 Å². The van der Waals surface area contributed by atoms with Crippen LogP contribution in [0.15, 0.2) is 42.5 Å². The second-order valence-corrected chi connectivity index (χ2v) is 7.75. The number of carbonyl (C=O) groups excluding carboxylic acids is 1. The van der Waals surface area contributed by atoms with Gasteiger partial charge in [0.1, 0.15) is 11.8 Å². The lowest BCUT2D eigenvalue weighted by Gasteiger charge is -2.33. The van der Waals surface area contributed by atoms with Crippen LogP contribution in [0.2, 0.25) is 5.02 Å². The van der Waals surface area contributed by atoms with Crippen molar-refractivity contribution in [2.24, 2.45) is 5.92 Å². The Balaban J connectivity index is 1.89. The third-order valence-electron chi connectivity index (χ3n) is 5.38. The van der Waals surface area contributed by atoms with E-state index in [9.17, 15) is 9.90 Å². The number of hydrogen-bond acceptors (Lipinski definition) is 4. The molecule has 0 saturated heterocycles. The summed E-state index contributed by atoms with van der Waals surface area (Å²) < 4.78 is 5.15. The zero-order valence-electron chi connectivity index (χ0n) is 16.7. The summed E-state index contributed by atoms with van der Waals surface area (Å²) in [6, 6.07) is 13.7. The number of carbonyl (C=O) groups is 1. The topological polar surface area (TPSA) is 82.3 Å². The van der Waals surface area contributed by atoms with Gasteiger partial charge in [0.15, 0.2) is 0 Å². The Morgan fingerprint density at radius 2 is 1.90 bits per heavy atom. The van der Waals surface area contributed by atoms with Crippen LogP contribution in [0.5, 0.6) is 5.75 Å². The summed E-state index contributed by atoms with van der Waals surface area (Å²) in [4.78, 5) is 13.1. The monoisotopic (exact) mass is 422 g/mol. The van der Waals surface area contributed by atoms with E-state index in [-0.39, 0.29) is 10.9 Å². The van der Waals surface area contributed by atoms with Gasteiger partial charge >= 0.3 is 0 Å². The Kier molecular flexibility index (Phi) is 7.00. The van der Waals surface area contributed by atoms with E-state index in [1.54, 1.807) is 37.4 Å². The third kappa shape index (κ3) is 4.94. The lowest BCUT2D eigenvalue weighted by molar-refractivity contribution is -0.134. The molecule has 0 spiro atoms. The van der Waals surface area contributed by atoms with Crippen molar-refractivity contribution in [2.45, 2.75) is 37.7 Å². The molecule has 0 heterocycles. The second-order valence-electron chi connectivity index (χ2n) is 7.34. The number of rotatable bonds is 4. The van der Waals surface area contributed by atoms with Gasteiger partial charge in [0.2, 0.25) is 5.60 Å². The molecule has 2 aromatic carbocycles. The van der Waals surface area contributed by atoms with Crippen molar-refractivity contribution >= 4 is 23.2 Å². The van der Waals surface area contributed by atoms with Gasteiger partial charge in [-0.3, -0.25) is 4.79 Å². The average molecular weight is 423 g/mol. The van der Waals surface area contributed by atoms with E-state index in [1.165, 1.54) is 12.1 Å². The van der Waals surface area contributed by atoms with Gasteiger partial charge < -0.3 is 15.2 Å². The Bertz CT molecular complexity index is 1010. The summed E-state index contributed by atoms with van der Waals surface area (Å²) in [5, 5.41) is 23.4. The number of halogens is 1. The Morgan fingerprint density at radius 1 is 1.20 bits per heavy atom. The van der Waals surface area contributed by atoms with Crippen LogP contribution >= 0.6 is 11.6 Å². The second kappa shape index (κ2) is 9.67. The van der Waals surface area contributed by atoms with Crippen molar-refractivity contribution in [1.29, 1.82) is 5.26 Å². The molecular weight excluding hydrogens is 400 g/mol. The molecule has 3 rings (SSSR count). The van der Waals surface area contributed by atoms with Crippen LogP contribution in [0.25, 0.3) is 0 Å². The van der Waals surface area contributed by atoms with Gasteiger partial charge in [-0.2, -0.15) is 5.26 Å². The first-order valence-corrected chi connectivity index (χ1v) is 10.2. The van der Waals surface area contributed by atoms with Crippen LogP contribution in [0.1, 0.15) is 43.2 Å². The number of anilines is 1. The molecule has 1 aliphatic carbocycles. The van der Waals surface area contributed by atoms with Gasteiger partial charge in [0, 0.05) is 17.2 Å². The van der Waals surface area contributed by atoms with Gasteiger partial charge in [0.25, 0.3) is 5.91 Å². The first-order valence-electron chi connectivity index (χ1n) is 9.87. The number of aliphatic hydroxyl groups is 1. The van der Waals surface area contributed by atoms with Crippen molar-refractivity contribution in [3.63, 3.8) is 0 Å². The van der Waals surface area contributed by atoms with E-state index < -0.39 is 11.5 Å². The number of nitriles is 1. The predicted molar refractivity (Wildman–Crippen MR) is 116 cm³/mol. The highest BCUT2D eigenvalue weighted by Gasteiger charge is 2.43. The van der Waals surface area contributed by atoms with Crippen molar-refractivity contribution in [3.05, 3.63) is 58.6 Å². The molecule has 0 aromatic heterocycles. The molecular formula is C24H23ClN2O3. The van der Waals surface area contributed by atoms with E-state index in [0.29, 0.717) is 22.6 Å². The highest BCUT2D eigenvalue weighted by atomic mass is 35.5. The van der Waals surface area contributed by atoms with Gasteiger partial charge in [0.05, 0.1) is 17.7 Å². The zero-order valence-corrected chi connectivity index (χ0v) is 17.5. The molecule has 30 heavy (non-hydrogen) atoms. The first kappa shape index (κ1) is 21.7. The highest BCUT2D eigenvalue weighted by molar-refractivity contribution is 6.32. The molecule has 6 heteroatoms. The number of benzene rings is 2. The van der Waals surface area contributed by atoms with E-state index in [1.807, 2.05) is 6.07 Å². The van der Waals surface area contributed by atoms with Crippen molar-refractivity contribution in [1.82, 2.24) is 0 Å². The molecule has 154 valence electrons. The lowest BCUT2D eigenvalue weighted by Crippen LogP contribution is -2.48. The summed E-state index contributed by atoms with van der Waals surface area (Å²) in [5.74, 6) is 5.65. The summed E-state index contributed by atoms with van der Waals surface area (Å²) >= 11 is 6.07. The van der Waals surface area contributed by atoms with Gasteiger partial charge in [-0.15, -0.1) is 0 Å². The molecule has 1 fully saturated rings. The largest absolute Gasteiger partial charge is 0.497 e. The van der Waals surface area contributed by atoms with Gasteiger partial charge in [-0.25, -0.2) is 0 Å². The molecule has 0 radical (unpaired) electrons. The van der Waals surface area contributed by atoms with Crippen LogP contribution in [0.3, 0.4) is 0 Å². The standard InChI is InChI=1S/C24H23ClN2O3/c1-30-21-11-7-17(8-12-21)13-14-24(29,19-5-3-2-4-6-19)23(28)27-20-10-9-18(16-26)22(25)15-20/h7-12,15,19,29H,2-6H2,1H3,(H,27,28). The number of methoxy groups -OCH3 is 1. The fraction of sp³-hybridized carbons (Fsp3) is 0.333. The highest BCUT2D eigenvalue weighted by Crippen LogP contribution is 2.34. The minimum atomic E-state index is -1.83. The lowest BCUT2D eigenvalue weighted by atomic mass is 9.76. The number of hydrogen-bond donors (Lipinski definition) is 2. The molecule has 5 nitrogen and oxygen atoms in total. The maximum Gasteiger partial charge on any atom is 0.269 e. The van der Waals surface area contributed by atoms with E-state index in [2.05, 4.69) is 17.2 Å². The zero-order chi connectivity index (χ0) is 21.6. The van der Waals surface area contributed by atoms with Gasteiger partial charge in [-0.1, -0.05) is 42.7 Å². The molecule has 1 atom stereocenters.